The first-order valence-electron chi connectivity index (χ1n) is 6.21. The van der Waals surface area contributed by atoms with Crippen LogP contribution in [0, 0.1) is 5.82 Å². The highest BCUT2D eigenvalue weighted by Gasteiger charge is 2.07. The second-order valence-corrected chi connectivity index (χ2v) is 4.53. The van der Waals surface area contributed by atoms with Gasteiger partial charge in [0.05, 0.1) is 5.02 Å². The number of hydrogen-bond donors (Lipinski definition) is 2. The lowest BCUT2D eigenvalue weighted by molar-refractivity contribution is -0.117. The molecule has 0 unspecified atom stereocenters. The maximum Gasteiger partial charge on any atom is 0.288 e. The Morgan fingerprint density at radius 1 is 1.14 bits per heavy atom. The zero-order valence-electron chi connectivity index (χ0n) is 11.2. The van der Waals surface area contributed by atoms with Gasteiger partial charge in [-0.3, -0.25) is 25.4 Å². The van der Waals surface area contributed by atoms with Crippen molar-refractivity contribution < 1.29 is 14.0 Å². The Balaban J connectivity index is 1.93. The van der Waals surface area contributed by atoms with Gasteiger partial charge in [-0.25, -0.2) is 4.39 Å². The van der Waals surface area contributed by atoms with Crippen molar-refractivity contribution >= 4 is 29.5 Å². The molecular formula is C15H11ClFN3O2. The topological polar surface area (TPSA) is 71.1 Å². The number of benzene rings is 1. The molecule has 0 aliphatic heterocycles. The van der Waals surface area contributed by atoms with Crippen LogP contribution in [-0.2, 0) is 4.79 Å². The first kappa shape index (κ1) is 15.7. The van der Waals surface area contributed by atoms with E-state index < -0.39 is 17.6 Å². The lowest BCUT2D eigenvalue weighted by Crippen LogP contribution is -2.41. The molecule has 0 fully saturated rings. The molecule has 0 atom stereocenters. The lowest BCUT2D eigenvalue weighted by Gasteiger charge is -2.04. The van der Waals surface area contributed by atoms with Gasteiger partial charge >= 0.3 is 0 Å². The molecule has 0 saturated heterocycles. The lowest BCUT2D eigenvalue weighted by atomic mass is 10.2. The Morgan fingerprint density at radius 2 is 1.95 bits per heavy atom. The van der Waals surface area contributed by atoms with Crippen LogP contribution in [-0.4, -0.2) is 16.8 Å². The van der Waals surface area contributed by atoms with Gasteiger partial charge in [-0.05, 0) is 30.3 Å². The monoisotopic (exact) mass is 319 g/mol. The first-order chi connectivity index (χ1) is 10.6. The van der Waals surface area contributed by atoms with Crippen molar-refractivity contribution in [3.8, 4) is 0 Å². The van der Waals surface area contributed by atoms with E-state index in [-0.39, 0.29) is 16.3 Å². The van der Waals surface area contributed by atoms with Crippen molar-refractivity contribution in [3.63, 3.8) is 0 Å². The summed E-state index contributed by atoms with van der Waals surface area (Å²) in [4.78, 5) is 27.0. The Morgan fingerprint density at radius 3 is 2.64 bits per heavy atom. The van der Waals surface area contributed by atoms with Crippen LogP contribution < -0.4 is 10.9 Å². The minimum Gasteiger partial charge on any atom is -0.268 e. The number of rotatable bonds is 3. The van der Waals surface area contributed by atoms with Gasteiger partial charge in [0.25, 0.3) is 11.8 Å². The van der Waals surface area contributed by atoms with Gasteiger partial charge < -0.3 is 0 Å². The summed E-state index contributed by atoms with van der Waals surface area (Å²) in [6.07, 6.45) is 3.74. The Labute approximate surface area is 130 Å². The maximum atomic E-state index is 13.5. The number of nitrogens with one attached hydrogen (secondary N) is 2. The molecule has 22 heavy (non-hydrogen) atoms. The van der Waals surface area contributed by atoms with Crippen LogP contribution in [0.5, 0.6) is 0 Å². The number of carbonyl (C=O) groups excluding carboxylic acids is 2. The fourth-order valence-electron chi connectivity index (χ4n) is 1.55. The van der Waals surface area contributed by atoms with E-state index in [2.05, 4.69) is 15.8 Å². The minimum absolute atomic E-state index is 0.0929. The maximum absolute atomic E-state index is 13.5. The highest BCUT2D eigenvalue weighted by Crippen LogP contribution is 2.20. The Kier molecular flexibility index (Phi) is 5.21. The van der Waals surface area contributed by atoms with E-state index >= 15 is 0 Å². The van der Waals surface area contributed by atoms with Gasteiger partial charge in [0.1, 0.15) is 11.5 Å². The zero-order chi connectivity index (χ0) is 15.9. The van der Waals surface area contributed by atoms with Gasteiger partial charge in [-0.15, -0.1) is 0 Å². The summed E-state index contributed by atoms with van der Waals surface area (Å²) in [5, 5.41) is 0.182. The van der Waals surface area contributed by atoms with Crippen molar-refractivity contribution in [2.24, 2.45) is 0 Å². The smallest absolute Gasteiger partial charge is 0.268 e. The Hall–Kier alpha value is -2.73. The molecule has 112 valence electrons. The molecular weight excluding hydrogens is 309 g/mol. The predicted octanol–water partition coefficient (Wildman–Crippen LogP) is 2.35. The fraction of sp³-hybridized carbons (Fsp3) is 0. The molecule has 2 N–H and O–H groups in total. The number of hydrazine groups is 1. The van der Waals surface area contributed by atoms with E-state index in [1.165, 1.54) is 36.5 Å². The van der Waals surface area contributed by atoms with Crippen LogP contribution in [0.2, 0.25) is 5.02 Å². The van der Waals surface area contributed by atoms with Crippen LogP contribution in [0.25, 0.3) is 6.08 Å². The van der Waals surface area contributed by atoms with E-state index in [0.29, 0.717) is 0 Å². The number of hydrogen-bond acceptors (Lipinski definition) is 3. The molecule has 5 nitrogen and oxygen atoms in total. The summed E-state index contributed by atoms with van der Waals surface area (Å²) < 4.78 is 13.5. The second-order valence-electron chi connectivity index (χ2n) is 4.13. The molecule has 2 rings (SSSR count). The summed E-state index contributed by atoms with van der Waals surface area (Å²) in [5.74, 6) is -1.75. The fourth-order valence-corrected chi connectivity index (χ4v) is 1.78. The van der Waals surface area contributed by atoms with E-state index in [0.717, 1.165) is 6.08 Å². The van der Waals surface area contributed by atoms with Crippen LogP contribution in [0.3, 0.4) is 0 Å². The SMILES string of the molecule is O=C(/C=C/c1c(F)cccc1Cl)NNC(=O)c1ccccn1. The van der Waals surface area contributed by atoms with Gasteiger partial charge in [0.15, 0.2) is 0 Å². The van der Waals surface area contributed by atoms with Gasteiger partial charge in [-0.2, -0.15) is 0 Å². The largest absolute Gasteiger partial charge is 0.288 e. The number of halogens is 2. The van der Waals surface area contributed by atoms with Crippen LogP contribution in [0.15, 0.2) is 48.7 Å². The molecule has 7 heteroatoms. The molecule has 2 aromatic rings. The molecule has 2 amide bonds. The summed E-state index contributed by atoms with van der Waals surface area (Å²) in [7, 11) is 0. The number of pyridine rings is 1. The third-order valence-electron chi connectivity index (χ3n) is 2.60. The summed E-state index contributed by atoms with van der Waals surface area (Å²) >= 11 is 5.82. The van der Waals surface area contributed by atoms with Crippen molar-refractivity contribution in [2.45, 2.75) is 0 Å². The van der Waals surface area contributed by atoms with Crippen molar-refractivity contribution in [2.75, 3.05) is 0 Å². The molecule has 1 heterocycles. The van der Waals surface area contributed by atoms with Crippen molar-refractivity contribution in [1.29, 1.82) is 0 Å². The number of nitrogens with zero attached hydrogens (tertiary/aromatic N) is 1. The highest BCUT2D eigenvalue weighted by atomic mass is 35.5. The summed E-state index contributed by atoms with van der Waals surface area (Å²) in [5.41, 5.74) is 4.59. The molecule has 0 spiro atoms. The number of amides is 2. The molecule has 0 aliphatic carbocycles. The zero-order valence-corrected chi connectivity index (χ0v) is 12.0. The summed E-state index contributed by atoms with van der Waals surface area (Å²) in [6.45, 7) is 0. The van der Waals surface area contributed by atoms with Crippen LogP contribution >= 0.6 is 11.6 Å². The molecule has 0 bridgehead atoms. The Bertz CT molecular complexity index is 700. The van der Waals surface area contributed by atoms with E-state index in [1.807, 2.05) is 0 Å². The quantitative estimate of drug-likeness (QED) is 0.674. The standard InChI is InChI=1S/C15H11ClFN3O2/c16-11-4-3-5-12(17)10(11)7-8-14(21)19-20-15(22)13-6-1-2-9-18-13/h1-9H,(H,19,21)(H,20,22)/b8-7+. The van der Waals surface area contributed by atoms with E-state index in [1.54, 1.807) is 12.1 Å². The first-order valence-corrected chi connectivity index (χ1v) is 6.59. The minimum atomic E-state index is -0.636. The molecule has 0 radical (unpaired) electrons. The average molecular weight is 320 g/mol. The van der Waals surface area contributed by atoms with Crippen molar-refractivity contribution in [3.05, 3.63) is 70.8 Å². The third-order valence-corrected chi connectivity index (χ3v) is 2.93. The predicted molar refractivity (Wildman–Crippen MR) is 80.3 cm³/mol. The molecule has 1 aromatic heterocycles. The van der Waals surface area contributed by atoms with Crippen molar-refractivity contribution in [1.82, 2.24) is 15.8 Å². The van der Waals surface area contributed by atoms with Gasteiger partial charge in [0, 0.05) is 17.8 Å². The number of carbonyl (C=O) groups is 2. The highest BCUT2D eigenvalue weighted by molar-refractivity contribution is 6.32. The normalized spacial score (nSPS) is 10.5. The van der Waals surface area contributed by atoms with Crippen LogP contribution in [0.4, 0.5) is 4.39 Å². The average Bonchev–Trinajstić information content (AvgIpc) is 2.53. The molecule has 0 aliphatic rings. The third kappa shape index (κ3) is 4.13. The molecule has 0 saturated carbocycles. The van der Waals surface area contributed by atoms with E-state index in [9.17, 15) is 14.0 Å². The molecule has 1 aromatic carbocycles. The summed E-state index contributed by atoms with van der Waals surface area (Å²) in [6, 6.07) is 9.00. The second kappa shape index (κ2) is 7.33. The van der Waals surface area contributed by atoms with Gasteiger partial charge in [-0.1, -0.05) is 23.7 Å². The van der Waals surface area contributed by atoms with E-state index in [4.69, 9.17) is 11.6 Å². The number of aromatic nitrogens is 1. The van der Waals surface area contributed by atoms with Crippen LogP contribution in [0.1, 0.15) is 16.1 Å². The van der Waals surface area contributed by atoms with Gasteiger partial charge in [0.2, 0.25) is 0 Å².